The second-order valence-corrected chi connectivity index (χ2v) is 8.90. The average Bonchev–Trinajstić information content (AvgIpc) is 3.37. The SMILES string of the molecule is Cn1cc(N2CCCC(NC(=O)c3ccc4c(c3)C(=O)N(C3CCC(=O)NC3=O)C4)C2)cn1. The number of aromatic nitrogens is 2. The van der Waals surface area contributed by atoms with Gasteiger partial charge in [-0.15, -0.1) is 0 Å². The van der Waals surface area contributed by atoms with Crippen LogP contribution in [0.25, 0.3) is 0 Å². The first-order chi connectivity index (χ1) is 15.9. The molecule has 1 aromatic carbocycles. The standard InChI is InChI=1S/C23H26N6O4/c1-27-13-17(10-24-27)28-8-2-3-16(12-28)25-21(31)14-4-5-15-11-29(23(33)18(15)9-14)19-6-7-20(30)26-22(19)32/h4-5,9-10,13,16,19H,2-3,6-8,11-12H2,1H3,(H,25,31)(H,26,30,32). The van der Waals surface area contributed by atoms with Crippen LogP contribution in [0, 0.1) is 0 Å². The molecular weight excluding hydrogens is 424 g/mol. The van der Waals surface area contributed by atoms with Gasteiger partial charge in [-0.2, -0.15) is 5.10 Å². The van der Waals surface area contributed by atoms with E-state index in [1.165, 1.54) is 4.90 Å². The van der Waals surface area contributed by atoms with Crippen LogP contribution in [0.2, 0.25) is 0 Å². The third kappa shape index (κ3) is 4.08. The zero-order chi connectivity index (χ0) is 23.1. The number of piperidine rings is 2. The lowest BCUT2D eigenvalue weighted by Gasteiger charge is -2.33. The van der Waals surface area contributed by atoms with Crippen LogP contribution in [0.4, 0.5) is 5.69 Å². The maximum Gasteiger partial charge on any atom is 0.255 e. The Labute approximate surface area is 190 Å². The molecule has 4 heterocycles. The van der Waals surface area contributed by atoms with Crippen molar-refractivity contribution in [3.8, 4) is 0 Å². The maximum atomic E-state index is 13.0. The van der Waals surface area contributed by atoms with E-state index in [1.54, 1.807) is 22.9 Å². The second-order valence-electron chi connectivity index (χ2n) is 8.90. The van der Waals surface area contributed by atoms with Crippen molar-refractivity contribution in [2.75, 3.05) is 18.0 Å². The van der Waals surface area contributed by atoms with Gasteiger partial charge in [-0.3, -0.25) is 29.2 Å². The minimum atomic E-state index is -0.666. The molecule has 2 saturated heterocycles. The molecule has 2 aromatic rings. The van der Waals surface area contributed by atoms with Crippen molar-refractivity contribution in [1.29, 1.82) is 0 Å². The topological polar surface area (TPSA) is 117 Å². The zero-order valence-electron chi connectivity index (χ0n) is 18.4. The summed E-state index contributed by atoms with van der Waals surface area (Å²) in [5.41, 5.74) is 2.67. The number of hydrogen-bond acceptors (Lipinski definition) is 6. The third-order valence-corrected chi connectivity index (χ3v) is 6.60. The lowest BCUT2D eigenvalue weighted by molar-refractivity contribution is -0.136. The van der Waals surface area contributed by atoms with E-state index in [0.717, 1.165) is 30.6 Å². The fourth-order valence-corrected chi connectivity index (χ4v) is 4.87. The van der Waals surface area contributed by atoms with Gasteiger partial charge in [-0.05, 0) is 37.0 Å². The number of benzene rings is 1. The Balaban J connectivity index is 1.26. The number of fused-ring (bicyclic) bond motifs is 1. The molecule has 2 fully saturated rings. The Morgan fingerprint density at radius 3 is 2.82 bits per heavy atom. The first-order valence-corrected chi connectivity index (χ1v) is 11.2. The molecule has 33 heavy (non-hydrogen) atoms. The Kier molecular flexibility index (Phi) is 5.35. The Morgan fingerprint density at radius 2 is 2.06 bits per heavy atom. The molecular formula is C23H26N6O4. The van der Waals surface area contributed by atoms with Crippen LogP contribution in [0.3, 0.4) is 0 Å². The number of aryl methyl sites for hydroxylation is 1. The van der Waals surface area contributed by atoms with Crippen molar-refractivity contribution in [3.05, 3.63) is 47.3 Å². The smallest absolute Gasteiger partial charge is 0.255 e. The Hall–Kier alpha value is -3.69. The van der Waals surface area contributed by atoms with Crippen molar-refractivity contribution in [3.63, 3.8) is 0 Å². The number of carbonyl (C=O) groups excluding carboxylic acids is 4. The summed E-state index contributed by atoms with van der Waals surface area (Å²) in [6, 6.07) is 4.44. The summed E-state index contributed by atoms with van der Waals surface area (Å²) in [7, 11) is 1.88. The molecule has 2 unspecified atom stereocenters. The van der Waals surface area contributed by atoms with Gasteiger partial charge in [0.05, 0.1) is 11.9 Å². The molecule has 10 heteroatoms. The summed E-state index contributed by atoms with van der Waals surface area (Å²) in [6.45, 7) is 1.91. The third-order valence-electron chi connectivity index (χ3n) is 6.60. The van der Waals surface area contributed by atoms with Crippen LogP contribution in [0.5, 0.6) is 0 Å². The van der Waals surface area contributed by atoms with Gasteiger partial charge in [0, 0.05) is 56.5 Å². The zero-order valence-corrected chi connectivity index (χ0v) is 18.4. The first kappa shape index (κ1) is 21.2. The lowest BCUT2D eigenvalue weighted by atomic mass is 10.0. The van der Waals surface area contributed by atoms with Gasteiger partial charge in [0.15, 0.2) is 0 Å². The molecule has 172 valence electrons. The van der Waals surface area contributed by atoms with Crippen LogP contribution in [-0.4, -0.2) is 63.5 Å². The average molecular weight is 450 g/mol. The molecule has 0 radical (unpaired) electrons. The van der Waals surface area contributed by atoms with Crippen molar-refractivity contribution < 1.29 is 19.2 Å². The van der Waals surface area contributed by atoms with E-state index in [2.05, 4.69) is 20.6 Å². The van der Waals surface area contributed by atoms with E-state index < -0.39 is 11.9 Å². The molecule has 0 aliphatic carbocycles. The number of carbonyl (C=O) groups is 4. The molecule has 4 amide bonds. The fraction of sp³-hybridized carbons (Fsp3) is 0.435. The number of nitrogens with one attached hydrogen (secondary N) is 2. The van der Waals surface area contributed by atoms with Gasteiger partial charge in [0.2, 0.25) is 11.8 Å². The molecule has 0 bridgehead atoms. The molecule has 1 aromatic heterocycles. The van der Waals surface area contributed by atoms with Crippen LogP contribution >= 0.6 is 0 Å². The fourth-order valence-electron chi connectivity index (χ4n) is 4.87. The van der Waals surface area contributed by atoms with Crippen molar-refractivity contribution in [2.24, 2.45) is 7.05 Å². The summed E-state index contributed by atoms with van der Waals surface area (Å²) in [4.78, 5) is 53.3. The molecule has 10 nitrogen and oxygen atoms in total. The highest BCUT2D eigenvalue weighted by atomic mass is 16.2. The van der Waals surface area contributed by atoms with Crippen molar-refractivity contribution in [1.82, 2.24) is 25.3 Å². The quantitative estimate of drug-likeness (QED) is 0.659. The number of hydrogen-bond donors (Lipinski definition) is 2. The van der Waals surface area contributed by atoms with Crippen molar-refractivity contribution >= 4 is 29.3 Å². The van der Waals surface area contributed by atoms with Crippen molar-refractivity contribution in [2.45, 2.75) is 44.3 Å². The van der Waals surface area contributed by atoms with Gasteiger partial charge in [-0.25, -0.2) is 0 Å². The van der Waals surface area contributed by atoms with E-state index in [-0.39, 0.29) is 30.2 Å². The monoisotopic (exact) mass is 450 g/mol. The van der Waals surface area contributed by atoms with E-state index in [1.807, 2.05) is 19.4 Å². The molecule has 0 saturated carbocycles. The van der Waals surface area contributed by atoms with Gasteiger partial charge in [0.1, 0.15) is 6.04 Å². The minimum absolute atomic E-state index is 0.00428. The van der Waals surface area contributed by atoms with E-state index >= 15 is 0 Å². The van der Waals surface area contributed by atoms with E-state index in [4.69, 9.17) is 0 Å². The first-order valence-electron chi connectivity index (χ1n) is 11.2. The summed E-state index contributed by atoms with van der Waals surface area (Å²) in [5, 5.41) is 9.62. The van der Waals surface area contributed by atoms with Gasteiger partial charge in [-0.1, -0.05) is 6.07 Å². The molecule has 2 atom stereocenters. The van der Waals surface area contributed by atoms with Gasteiger partial charge in [0.25, 0.3) is 11.8 Å². The molecule has 0 spiro atoms. The van der Waals surface area contributed by atoms with Crippen LogP contribution in [-0.2, 0) is 23.2 Å². The summed E-state index contributed by atoms with van der Waals surface area (Å²) in [5.74, 6) is -1.26. The highest BCUT2D eigenvalue weighted by Crippen LogP contribution is 2.28. The largest absolute Gasteiger partial charge is 0.367 e. The highest BCUT2D eigenvalue weighted by molar-refractivity contribution is 6.06. The summed E-state index contributed by atoms with van der Waals surface area (Å²) >= 11 is 0. The highest BCUT2D eigenvalue weighted by Gasteiger charge is 2.39. The summed E-state index contributed by atoms with van der Waals surface area (Å²) in [6.07, 6.45) is 6.16. The predicted octanol–water partition coefficient (Wildman–Crippen LogP) is 0.580. The Morgan fingerprint density at radius 1 is 1.21 bits per heavy atom. The molecule has 3 aliphatic heterocycles. The number of amides is 4. The number of imide groups is 1. The van der Waals surface area contributed by atoms with Gasteiger partial charge < -0.3 is 15.1 Å². The van der Waals surface area contributed by atoms with E-state index in [9.17, 15) is 19.2 Å². The lowest BCUT2D eigenvalue weighted by Crippen LogP contribution is -2.52. The van der Waals surface area contributed by atoms with Crippen LogP contribution < -0.4 is 15.5 Å². The molecule has 2 N–H and O–H groups in total. The normalized spacial score (nSPS) is 22.9. The van der Waals surface area contributed by atoms with Crippen LogP contribution in [0.1, 0.15) is 52.0 Å². The maximum absolute atomic E-state index is 13.0. The number of nitrogens with zero attached hydrogens (tertiary/aromatic N) is 4. The summed E-state index contributed by atoms with van der Waals surface area (Å²) < 4.78 is 1.76. The van der Waals surface area contributed by atoms with Gasteiger partial charge >= 0.3 is 0 Å². The second kappa shape index (κ2) is 8.34. The van der Waals surface area contributed by atoms with E-state index in [0.29, 0.717) is 30.6 Å². The number of anilines is 1. The molecule has 3 aliphatic rings. The van der Waals surface area contributed by atoms with Crippen LogP contribution in [0.15, 0.2) is 30.6 Å². The molecule has 5 rings (SSSR count). The minimum Gasteiger partial charge on any atom is -0.367 e. The Bertz CT molecular complexity index is 1140. The number of rotatable bonds is 4. The predicted molar refractivity (Wildman–Crippen MR) is 118 cm³/mol.